The second-order valence-corrected chi connectivity index (χ2v) is 7.13. The van der Waals surface area contributed by atoms with Crippen molar-refractivity contribution in [2.75, 3.05) is 32.7 Å². The number of rotatable bonds is 6. The first-order valence-corrected chi connectivity index (χ1v) is 9.15. The standard InChI is InChI=1S/C18H29N5O/c1-12(2)20-11-16(23-9-7-19-8-10-23)18(24)17-14-5-4-6-15(14)21-13(3)22-17/h12,16,19-20H,4-11H2,1-3H3. The molecule has 2 N–H and O–H groups in total. The van der Waals surface area contributed by atoms with Crippen LogP contribution in [-0.4, -0.2) is 65.5 Å². The minimum atomic E-state index is -0.145. The zero-order valence-corrected chi connectivity index (χ0v) is 15.1. The average molecular weight is 331 g/mol. The summed E-state index contributed by atoms with van der Waals surface area (Å²) in [5, 5.41) is 6.81. The highest BCUT2D eigenvalue weighted by molar-refractivity contribution is 6.00. The van der Waals surface area contributed by atoms with Crippen LogP contribution in [0.1, 0.15) is 47.8 Å². The Bertz CT molecular complexity index is 595. The van der Waals surface area contributed by atoms with E-state index in [1.165, 1.54) is 0 Å². The minimum absolute atomic E-state index is 0.145. The molecule has 132 valence electrons. The second-order valence-electron chi connectivity index (χ2n) is 7.13. The SMILES string of the molecule is Cc1nc2c(c(C(=O)C(CNC(C)C)N3CCNCC3)n1)CCC2. The topological polar surface area (TPSA) is 70.2 Å². The molecule has 1 aromatic rings. The molecule has 2 aliphatic rings. The average Bonchev–Trinajstić information content (AvgIpc) is 3.03. The van der Waals surface area contributed by atoms with Crippen LogP contribution in [0.3, 0.4) is 0 Å². The number of aromatic nitrogens is 2. The normalized spacial score (nSPS) is 19.5. The third-order valence-electron chi connectivity index (χ3n) is 4.89. The lowest BCUT2D eigenvalue weighted by Crippen LogP contribution is -2.55. The van der Waals surface area contributed by atoms with Crippen molar-refractivity contribution in [3.05, 3.63) is 22.8 Å². The number of hydrogen-bond acceptors (Lipinski definition) is 6. The van der Waals surface area contributed by atoms with E-state index in [1.807, 2.05) is 6.92 Å². The molecule has 0 bridgehead atoms. The van der Waals surface area contributed by atoms with Crippen molar-refractivity contribution in [3.8, 4) is 0 Å². The summed E-state index contributed by atoms with van der Waals surface area (Å²) in [4.78, 5) is 24.8. The third-order valence-corrected chi connectivity index (χ3v) is 4.89. The van der Waals surface area contributed by atoms with Gasteiger partial charge in [0.2, 0.25) is 0 Å². The van der Waals surface area contributed by atoms with Crippen molar-refractivity contribution in [3.63, 3.8) is 0 Å². The maximum atomic E-state index is 13.4. The number of carbonyl (C=O) groups is 1. The quantitative estimate of drug-likeness (QED) is 0.749. The van der Waals surface area contributed by atoms with Gasteiger partial charge in [-0.3, -0.25) is 9.69 Å². The Morgan fingerprint density at radius 1 is 1.25 bits per heavy atom. The van der Waals surface area contributed by atoms with Crippen LogP contribution in [0.4, 0.5) is 0 Å². The highest BCUT2D eigenvalue weighted by atomic mass is 16.1. The fourth-order valence-electron chi connectivity index (χ4n) is 3.65. The van der Waals surface area contributed by atoms with Gasteiger partial charge in [0.25, 0.3) is 0 Å². The van der Waals surface area contributed by atoms with Crippen LogP contribution in [0.5, 0.6) is 0 Å². The lowest BCUT2D eigenvalue weighted by molar-refractivity contribution is 0.0785. The molecule has 0 saturated carbocycles. The van der Waals surface area contributed by atoms with Gasteiger partial charge in [0.15, 0.2) is 5.78 Å². The summed E-state index contributed by atoms with van der Waals surface area (Å²) < 4.78 is 0. The van der Waals surface area contributed by atoms with E-state index in [9.17, 15) is 4.79 Å². The predicted molar refractivity (Wildman–Crippen MR) is 94.5 cm³/mol. The van der Waals surface area contributed by atoms with Crippen LogP contribution in [-0.2, 0) is 12.8 Å². The predicted octanol–water partition coefficient (Wildman–Crippen LogP) is 0.728. The molecule has 0 aromatic carbocycles. The Morgan fingerprint density at radius 2 is 2.00 bits per heavy atom. The van der Waals surface area contributed by atoms with Gasteiger partial charge in [0.05, 0.1) is 6.04 Å². The van der Waals surface area contributed by atoms with E-state index in [0.29, 0.717) is 18.3 Å². The zero-order valence-electron chi connectivity index (χ0n) is 15.1. The van der Waals surface area contributed by atoms with Gasteiger partial charge in [-0.2, -0.15) is 0 Å². The largest absolute Gasteiger partial charge is 0.314 e. The molecular weight excluding hydrogens is 302 g/mol. The Morgan fingerprint density at radius 3 is 2.71 bits per heavy atom. The molecule has 1 saturated heterocycles. The molecule has 6 nitrogen and oxygen atoms in total. The number of Topliss-reactive ketones (excluding diaryl/α,β-unsaturated/α-hetero) is 1. The fourth-order valence-corrected chi connectivity index (χ4v) is 3.65. The van der Waals surface area contributed by atoms with Crippen molar-refractivity contribution in [1.82, 2.24) is 25.5 Å². The number of ketones is 1. The van der Waals surface area contributed by atoms with Gasteiger partial charge < -0.3 is 10.6 Å². The number of carbonyl (C=O) groups excluding carboxylic acids is 1. The number of fused-ring (bicyclic) bond motifs is 1. The molecule has 1 aliphatic carbocycles. The Kier molecular flexibility index (Phi) is 5.58. The summed E-state index contributed by atoms with van der Waals surface area (Å²) in [5.41, 5.74) is 2.85. The summed E-state index contributed by atoms with van der Waals surface area (Å²) in [5.74, 6) is 0.878. The zero-order chi connectivity index (χ0) is 17.1. The van der Waals surface area contributed by atoms with Crippen LogP contribution in [0.2, 0.25) is 0 Å². The van der Waals surface area contributed by atoms with Gasteiger partial charge in [0.1, 0.15) is 11.5 Å². The first-order chi connectivity index (χ1) is 11.6. The van der Waals surface area contributed by atoms with Crippen molar-refractivity contribution < 1.29 is 4.79 Å². The van der Waals surface area contributed by atoms with E-state index in [0.717, 1.165) is 62.5 Å². The van der Waals surface area contributed by atoms with E-state index in [-0.39, 0.29) is 11.8 Å². The first-order valence-electron chi connectivity index (χ1n) is 9.15. The van der Waals surface area contributed by atoms with E-state index in [1.54, 1.807) is 0 Å². The second kappa shape index (κ2) is 7.68. The summed E-state index contributed by atoms with van der Waals surface area (Å²) in [6.45, 7) is 10.5. The van der Waals surface area contributed by atoms with Crippen LogP contribution < -0.4 is 10.6 Å². The van der Waals surface area contributed by atoms with E-state index >= 15 is 0 Å². The molecule has 3 rings (SSSR count). The number of nitrogens with zero attached hydrogens (tertiary/aromatic N) is 3. The molecule has 1 unspecified atom stereocenters. The van der Waals surface area contributed by atoms with Gasteiger partial charge in [-0.1, -0.05) is 13.8 Å². The Balaban J connectivity index is 1.87. The van der Waals surface area contributed by atoms with Crippen molar-refractivity contribution >= 4 is 5.78 Å². The number of aryl methyl sites for hydroxylation is 2. The van der Waals surface area contributed by atoms with Gasteiger partial charge in [-0.15, -0.1) is 0 Å². The van der Waals surface area contributed by atoms with Crippen LogP contribution in [0, 0.1) is 6.92 Å². The molecule has 1 aliphatic heterocycles. The summed E-state index contributed by atoms with van der Waals surface area (Å²) >= 11 is 0. The van der Waals surface area contributed by atoms with Crippen LogP contribution >= 0.6 is 0 Å². The summed E-state index contributed by atoms with van der Waals surface area (Å²) in [6.07, 6.45) is 2.99. The first kappa shape index (κ1) is 17.5. The maximum absolute atomic E-state index is 13.4. The number of piperazine rings is 1. The summed E-state index contributed by atoms with van der Waals surface area (Å²) in [7, 11) is 0. The maximum Gasteiger partial charge on any atom is 0.199 e. The number of nitrogens with one attached hydrogen (secondary N) is 2. The molecule has 1 fully saturated rings. The van der Waals surface area contributed by atoms with Crippen molar-refractivity contribution in [1.29, 1.82) is 0 Å². The van der Waals surface area contributed by atoms with Gasteiger partial charge in [0, 0.05) is 50.0 Å². The molecule has 0 amide bonds. The Labute approximate surface area is 144 Å². The molecular formula is C18H29N5O. The fraction of sp³-hybridized carbons (Fsp3) is 0.722. The smallest absolute Gasteiger partial charge is 0.199 e. The van der Waals surface area contributed by atoms with E-state index in [4.69, 9.17) is 0 Å². The van der Waals surface area contributed by atoms with Gasteiger partial charge in [-0.25, -0.2) is 9.97 Å². The van der Waals surface area contributed by atoms with Crippen molar-refractivity contribution in [2.24, 2.45) is 0 Å². The highest BCUT2D eigenvalue weighted by Crippen LogP contribution is 2.24. The van der Waals surface area contributed by atoms with Gasteiger partial charge in [-0.05, 0) is 26.2 Å². The van der Waals surface area contributed by atoms with Crippen molar-refractivity contribution in [2.45, 2.75) is 52.1 Å². The van der Waals surface area contributed by atoms with Crippen LogP contribution in [0.15, 0.2) is 0 Å². The molecule has 1 aromatic heterocycles. The lowest BCUT2D eigenvalue weighted by atomic mass is 10.0. The lowest BCUT2D eigenvalue weighted by Gasteiger charge is -2.34. The molecule has 1 atom stereocenters. The summed E-state index contributed by atoms with van der Waals surface area (Å²) in [6, 6.07) is 0.217. The molecule has 24 heavy (non-hydrogen) atoms. The van der Waals surface area contributed by atoms with Gasteiger partial charge >= 0.3 is 0 Å². The molecule has 0 radical (unpaired) electrons. The monoisotopic (exact) mass is 331 g/mol. The molecule has 0 spiro atoms. The molecule has 6 heteroatoms. The number of hydrogen-bond donors (Lipinski definition) is 2. The third kappa shape index (κ3) is 3.82. The minimum Gasteiger partial charge on any atom is -0.314 e. The van der Waals surface area contributed by atoms with E-state index in [2.05, 4.69) is 39.3 Å². The highest BCUT2D eigenvalue weighted by Gasteiger charge is 2.32. The Hall–Kier alpha value is -1.37. The molecule has 2 heterocycles. The van der Waals surface area contributed by atoms with Crippen LogP contribution in [0.25, 0.3) is 0 Å². The van der Waals surface area contributed by atoms with E-state index < -0.39 is 0 Å².